The molecule has 0 atom stereocenters. The molecule has 3 rings (SSSR count). The van der Waals surface area contributed by atoms with E-state index in [0.717, 1.165) is 31.5 Å². The Kier molecular flexibility index (Phi) is 4.26. The van der Waals surface area contributed by atoms with E-state index in [1.165, 1.54) is 6.20 Å². The first-order valence-electron chi connectivity index (χ1n) is 7.89. The number of anilines is 1. The van der Waals surface area contributed by atoms with Crippen LogP contribution in [0.25, 0.3) is 11.3 Å². The number of rotatable bonds is 3. The van der Waals surface area contributed by atoms with Gasteiger partial charge < -0.3 is 10.6 Å². The second-order valence-electron chi connectivity index (χ2n) is 6.17. The molecule has 23 heavy (non-hydrogen) atoms. The second-order valence-corrected chi connectivity index (χ2v) is 6.17. The van der Waals surface area contributed by atoms with E-state index in [9.17, 15) is 5.26 Å². The van der Waals surface area contributed by atoms with Crippen LogP contribution in [-0.2, 0) is 0 Å². The van der Waals surface area contributed by atoms with Gasteiger partial charge in [0, 0.05) is 30.9 Å². The van der Waals surface area contributed by atoms with E-state index in [1.54, 1.807) is 6.20 Å². The molecule has 0 bridgehead atoms. The predicted molar refractivity (Wildman–Crippen MR) is 87.4 cm³/mol. The molecule has 1 saturated heterocycles. The third-order valence-corrected chi connectivity index (χ3v) is 4.41. The molecule has 7 heteroatoms. The largest absolute Gasteiger partial charge is 0.368 e. The second kappa shape index (κ2) is 6.34. The lowest BCUT2D eigenvalue weighted by atomic mass is 10.0. The van der Waals surface area contributed by atoms with Crippen molar-refractivity contribution in [1.82, 2.24) is 24.6 Å². The van der Waals surface area contributed by atoms with Crippen molar-refractivity contribution in [2.75, 3.05) is 18.8 Å². The topological polar surface area (TPSA) is 96.6 Å². The Morgan fingerprint density at radius 2 is 2.04 bits per heavy atom. The van der Waals surface area contributed by atoms with Crippen LogP contribution in [0.15, 0.2) is 18.6 Å². The molecule has 1 aliphatic heterocycles. The minimum absolute atomic E-state index is 0.164. The molecule has 0 aromatic carbocycles. The summed E-state index contributed by atoms with van der Waals surface area (Å²) in [6, 6.07) is 3.09. The Morgan fingerprint density at radius 1 is 1.30 bits per heavy atom. The first-order valence-corrected chi connectivity index (χ1v) is 7.89. The molecule has 0 unspecified atom stereocenters. The van der Waals surface area contributed by atoms with Gasteiger partial charge in [0.05, 0.1) is 29.7 Å². The van der Waals surface area contributed by atoms with Gasteiger partial charge in [0.25, 0.3) is 0 Å². The fourth-order valence-electron chi connectivity index (χ4n) is 3.02. The maximum atomic E-state index is 9.20. The Hall–Kier alpha value is -2.46. The fourth-order valence-corrected chi connectivity index (χ4v) is 3.02. The molecule has 0 spiro atoms. The number of nitrogens with zero attached hydrogens (tertiary/aromatic N) is 6. The van der Waals surface area contributed by atoms with Crippen LogP contribution in [0.1, 0.15) is 38.3 Å². The summed E-state index contributed by atoms with van der Waals surface area (Å²) in [5.41, 5.74) is 7.41. The van der Waals surface area contributed by atoms with E-state index in [4.69, 9.17) is 5.73 Å². The van der Waals surface area contributed by atoms with Gasteiger partial charge in [-0.05, 0) is 26.7 Å². The van der Waals surface area contributed by atoms with Crippen molar-refractivity contribution in [1.29, 1.82) is 5.26 Å². The van der Waals surface area contributed by atoms with Gasteiger partial charge in [-0.1, -0.05) is 0 Å². The zero-order valence-electron chi connectivity index (χ0n) is 13.5. The molecule has 0 aliphatic carbocycles. The summed E-state index contributed by atoms with van der Waals surface area (Å²) >= 11 is 0. The highest BCUT2D eigenvalue weighted by atomic mass is 15.3. The maximum absolute atomic E-state index is 9.20. The van der Waals surface area contributed by atoms with Gasteiger partial charge in [0.2, 0.25) is 5.95 Å². The molecule has 1 aliphatic rings. The summed E-state index contributed by atoms with van der Waals surface area (Å²) in [6.45, 7) is 6.63. The molecule has 120 valence electrons. The highest BCUT2D eigenvalue weighted by molar-refractivity contribution is 5.65. The number of aromatic nitrogens is 4. The van der Waals surface area contributed by atoms with Crippen molar-refractivity contribution in [3.63, 3.8) is 0 Å². The quantitative estimate of drug-likeness (QED) is 0.929. The zero-order valence-corrected chi connectivity index (χ0v) is 13.5. The van der Waals surface area contributed by atoms with E-state index in [0.29, 0.717) is 23.3 Å². The molecule has 0 amide bonds. The van der Waals surface area contributed by atoms with Crippen molar-refractivity contribution in [3.05, 3.63) is 24.2 Å². The van der Waals surface area contributed by atoms with Crippen LogP contribution in [0, 0.1) is 11.3 Å². The number of hydrogen-bond acceptors (Lipinski definition) is 6. The van der Waals surface area contributed by atoms with Crippen molar-refractivity contribution in [2.45, 2.75) is 38.8 Å². The van der Waals surface area contributed by atoms with Gasteiger partial charge >= 0.3 is 0 Å². The molecular weight excluding hydrogens is 290 g/mol. The van der Waals surface area contributed by atoms with Crippen LogP contribution < -0.4 is 5.73 Å². The minimum atomic E-state index is 0.164. The molecule has 2 aromatic rings. The molecule has 0 saturated carbocycles. The lowest BCUT2D eigenvalue weighted by molar-refractivity contribution is 0.147. The summed E-state index contributed by atoms with van der Waals surface area (Å²) < 4.78 is 1.99. The van der Waals surface area contributed by atoms with Crippen LogP contribution in [0.5, 0.6) is 0 Å². The van der Waals surface area contributed by atoms with Gasteiger partial charge in [-0.25, -0.2) is 9.97 Å². The zero-order chi connectivity index (χ0) is 16.4. The first kappa shape index (κ1) is 15.4. The average Bonchev–Trinajstić information content (AvgIpc) is 3.04. The van der Waals surface area contributed by atoms with E-state index >= 15 is 0 Å². The summed E-state index contributed by atoms with van der Waals surface area (Å²) in [4.78, 5) is 10.5. The summed E-state index contributed by atoms with van der Waals surface area (Å²) in [5, 5.41) is 13.7. The summed E-state index contributed by atoms with van der Waals surface area (Å²) in [7, 11) is 0. The first-order chi connectivity index (χ1) is 11.1. The van der Waals surface area contributed by atoms with E-state index in [-0.39, 0.29) is 5.95 Å². The average molecular weight is 311 g/mol. The predicted octanol–water partition coefficient (Wildman–Crippen LogP) is 1.84. The molecule has 7 nitrogen and oxygen atoms in total. The van der Waals surface area contributed by atoms with Crippen molar-refractivity contribution < 1.29 is 0 Å². The highest BCUT2D eigenvalue weighted by Crippen LogP contribution is 2.26. The minimum Gasteiger partial charge on any atom is -0.368 e. The van der Waals surface area contributed by atoms with Crippen LogP contribution >= 0.6 is 0 Å². The van der Waals surface area contributed by atoms with Gasteiger partial charge in [0.1, 0.15) is 6.07 Å². The van der Waals surface area contributed by atoms with Crippen LogP contribution in [0.4, 0.5) is 5.95 Å². The van der Waals surface area contributed by atoms with Crippen molar-refractivity contribution in [3.8, 4) is 17.3 Å². The Labute approximate surface area is 135 Å². The molecule has 2 aromatic heterocycles. The van der Waals surface area contributed by atoms with Crippen LogP contribution in [-0.4, -0.2) is 43.8 Å². The number of likely N-dealkylation sites (tertiary alicyclic amines) is 1. The highest BCUT2D eigenvalue weighted by Gasteiger charge is 2.23. The number of nitriles is 1. The Balaban J connectivity index is 1.80. The van der Waals surface area contributed by atoms with E-state index in [1.807, 2.05) is 10.9 Å². The number of nitrogens with two attached hydrogens (primary N) is 1. The lowest BCUT2D eigenvalue weighted by Gasteiger charge is -2.34. The third kappa shape index (κ3) is 3.17. The number of piperidine rings is 1. The van der Waals surface area contributed by atoms with Crippen LogP contribution in [0.2, 0.25) is 0 Å². The Morgan fingerprint density at radius 3 is 2.70 bits per heavy atom. The standard InChI is InChI=1S/C16H21N7/c1-11(2)22-5-3-14(4-6-22)23-10-13(9-20-23)15-12(7-17)8-19-16(18)21-15/h8-11,14H,3-6H2,1-2H3,(H2,18,19,21). The van der Waals surface area contributed by atoms with E-state index < -0.39 is 0 Å². The molecule has 0 radical (unpaired) electrons. The summed E-state index contributed by atoms with van der Waals surface area (Å²) in [5.74, 6) is 0.164. The van der Waals surface area contributed by atoms with Crippen molar-refractivity contribution in [2.24, 2.45) is 0 Å². The molecule has 3 heterocycles. The normalized spacial score (nSPS) is 16.6. The summed E-state index contributed by atoms with van der Waals surface area (Å²) in [6.07, 6.45) is 7.32. The molecule has 1 fully saturated rings. The van der Waals surface area contributed by atoms with Crippen molar-refractivity contribution >= 4 is 5.95 Å². The maximum Gasteiger partial charge on any atom is 0.220 e. The SMILES string of the molecule is CC(C)N1CCC(n2cc(-c3nc(N)ncc3C#N)cn2)CC1. The fraction of sp³-hybridized carbons (Fsp3) is 0.500. The van der Waals surface area contributed by atoms with Gasteiger partial charge in [-0.15, -0.1) is 0 Å². The van der Waals surface area contributed by atoms with Crippen LogP contribution in [0.3, 0.4) is 0 Å². The van der Waals surface area contributed by atoms with Gasteiger partial charge in [-0.3, -0.25) is 4.68 Å². The van der Waals surface area contributed by atoms with Gasteiger partial charge in [0.15, 0.2) is 0 Å². The van der Waals surface area contributed by atoms with E-state index in [2.05, 4.69) is 39.9 Å². The number of nitrogen functional groups attached to an aromatic ring is 1. The Bertz CT molecular complexity index is 720. The smallest absolute Gasteiger partial charge is 0.220 e. The molecule has 2 N–H and O–H groups in total. The number of hydrogen-bond donors (Lipinski definition) is 1. The monoisotopic (exact) mass is 311 g/mol. The lowest BCUT2D eigenvalue weighted by Crippen LogP contribution is -2.39. The molecular formula is C16H21N7. The third-order valence-electron chi connectivity index (χ3n) is 4.41. The van der Waals surface area contributed by atoms with Gasteiger partial charge in [-0.2, -0.15) is 10.4 Å².